The van der Waals surface area contributed by atoms with Crippen LogP contribution in [0.3, 0.4) is 0 Å². The molecular formula is C32H27F2NO5. The molecule has 0 saturated carbocycles. The highest BCUT2D eigenvalue weighted by Gasteiger charge is 2.40. The highest BCUT2D eigenvalue weighted by molar-refractivity contribution is 5.88. The third kappa shape index (κ3) is 5.66. The minimum Gasteiger partial charge on any atom is -0.488 e. The van der Waals surface area contributed by atoms with E-state index in [9.17, 15) is 23.5 Å². The van der Waals surface area contributed by atoms with Crippen molar-refractivity contribution in [2.45, 2.75) is 38.6 Å². The maximum absolute atomic E-state index is 14.5. The molecule has 1 aliphatic heterocycles. The van der Waals surface area contributed by atoms with Crippen molar-refractivity contribution in [1.29, 1.82) is 0 Å². The number of aliphatic carboxylic acids is 1. The van der Waals surface area contributed by atoms with E-state index in [1.807, 2.05) is 49.4 Å². The van der Waals surface area contributed by atoms with Crippen molar-refractivity contribution < 1.29 is 33.0 Å². The number of ether oxygens (including phenoxy) is 2. The first-order valence-corrected chi connectivity index (χ1v) is 12.8. The van der Waals surface area contributed by atoms with Gasteiger partial charge in [0.15, 0.2) is 11.6 Å². The van der Waals surface area contributed by atoms with Gasteiger partial charge in [0, 0.05) is 30.2 Å². The van der Waals surface area contributed by atoms with E-state index < -0.39 is 35.7 Å². The number of rotatable bonds is 8. The normalized spacial score (nSPS) is 15.2. The van der Waals surface area contributed by atoms with Gasteiger partial charge in [-0.2, -0.15) is 0 Å². The molecule has 8 heteroatoms. The Morgan fingerprint density at radius 1 is 0.975 bits per heavy atom. The highest BCUT2D eigenvalue weighted by atomic mass is 19.1. The lowest BCUT2D eigenvalue weighted by Crippen LogP contribution is -2.51. The number of hydrogen-bond donors (Lipinski definition) is 1. The topological polar surface area (TPSA) is 76.1 Å². The minimum absolute atomic E-state index is 0.00823. The SMILES string of the molecule is Cc1ccc2c(c1OCc1ccccc1)C[C@H](C(=O)O)N(C(=O)[C@@H](Oc1ccc(F)cc1F)c1ccccc1)C2. The second kappa shape index (κ2) is 11.6. The van der Waals surface area contributed by atoms with Gasteiger partial charge in [-0.3, -0.25) is 4.79 Å². The van der Waals surface area contributed by atoms with Crippen LogP contribution in [0.4, 0.5) is 8.78 Å². The molecule has 0 aromatic heterocycles. The number of carboxylic acid groups (broad SMARTS) is 1. The molecule has 0 aliphatic carbocycles. The number of benzene rings is 4. The maximum atomic E-state index is 14.5. The molecule has 0 fully saturated rings. The second-order valence-corrected chi connectivity index (χ2v) is 9.63. The van der Waals surface area contributed by atoms with E-state index in [0.717, 1.165) is 34.4 Å². The van der Waals surface area contributed by atoms with Crippen LogP contribution in [0, 0.1) is 18.6 Å². The molecule has 4 aromatic carbocycles. The summed E-state index contributed by atoms with van der Waals surface area (Å²) in [5, 5.41) is 10.2. The van der Waals surface area contributed by atoms with Crippen LogP contribution < -0.4 is 9.47 Å². The number of fused-ring (bicyclic) bond motifs is 1. The van der Waals surface area contributed by atoms with Gasteiger partial charge in [0.2, 0.25) is 6.10 Å². The summed E-state index contributed by atoms with van der Waals surface area (Å²) in [6, 6.07) is 23.4. The van der Waals surface area contributed by atoms with Crippen molar-refractivity contribution >= 4 is 11.9 Å². The standard InChI is InChI=1S/C32H27F2NO5/c1-20-12-13-23-18-35(27(32(37)38)17-25(23)29(20)39-19-21-8-4-2-5-9-21)31(36)30(22-10-6-3-7-11-22)40-28-15-14-24(33)16-26(28)34/h2-16,27,30H,17-19H2,1H3,(H,37,38)/t27-,30+/m1/s1. The Bertz CT molecular complexity index is 1530. The average molecular weight is 544 g/mol. The van der Waals surface area contributed by atoms with E-state index in [2.05, 4.69) is 0 Å². The molecule has 2 atom stereocenters. The zero-order valence-electron chi connectivity index (χ0n) is 21.7. The zero-order valence-corrected chi connectivity index (χ0v) is 21.7. The fourth-order valence-electron chi connectivity index (χ4n) is 4.87. The lowest BCUT2D eigenvalue weighted by molar-refractivity contribution is -0.155. The molecule has 0 radical (unpaired) electrons. The summed E-state index contributed by atoms with van der Waals surface area (Å²) < 4.78 is 40.0. The Kier molecular flexibility index (Phi) is 7.77. The number of halogens is 2. The summed E-state index contributed by atoms with van der Waals surface area (Å²) in [6.45, 7) is 2.20. The van der Waals surface area contributed by atoms with Crippen molar-refractivity contribution in [3.8, 4) is 11.5 Å². The van der Waals surface area contributed by atoms with Crippen LogP contribution in [-0.4, -0.2) is 27.9 Å². The third-order valence-corrected chi connectivity index (χ3v) is 6.93. The van der Waals surface area contributed by atoms with Gasteiger partial charge in [0.05, 0.1) is 0 Å². The smallest absolute Gasteiger partial charge is 0.326 e. The number of carbonyl (C=O) groups is 2. The molecule has 204 valence electrons. The van der Waals surface area contributed by atoms with Crippen LogP contribution in [0.5, 0.6) is 11.5 Å². The van der Waals surface area contributed by atoms with Crippen LogP contribution in [0.1, 0.15) is 33.9 Å². The van der Waals surface area contributed by atoms with Crippen LogP contribution in [0.15, 0.2) is 91.0 Å². The summed E-state index contributed by atoms with van der Waals surface area (Å²) in [4.78, 5) is 27.7. The van der Waals surface area contributed by atoms with Crippen molar-refractivity contribution in [2.24, 2.45) is 0 Å². The molecule has 6 nitrogen and oxygen atoms in total. The summed E-state index contributed by atoms with van der Waals surface area (Å²) in [7, 11) is 0. The first kappa shape index (κ1) is 26.9. The minimum atomic E-state index is -1.36. The summed E-state index contributed by atoms with van der Waals surface area (Å²) >= 11 is 0. The second-order valence-electron chi connectivity index (χ2n) is 9.63. The molecule has 0 unspecified atom stereocenters. The predicted octanol–water partition coefficient (Wildman–Crippen LogP) is 6.01. The monoisotopic (exact) mass is 543 g/mol. The van der Waals surface area contributed by atoms with E-state index in [1.54, 1.807) is 30.3 Å². The summed E-state index contributed by atoms with van der Waals surface area (Å²) in [6.07, 6.45) is -1.34. The molecule has 5 rings (SSSR count). The van der Waals surface area contributed by atoms with Gasteiger partial charge < -0.3 is 19.5 Å². The molecule has 0 bridgehead atoms. The lowest BCUT2D eigenvalue weighted by atomic mass is 9.90. The van der Waals surface area contributed by atoms with Crippen molar-refractivity contribution in [2.75, 3.05) is 0 Å². The largest absolute Gasteiger partial charge is 0.488 e. The fraction of sp³-hybridized carbons (Fsp3) is 0.188. The van der Waals surface area contributed by atoms with E-state index in [4.69, 9.17) is 9.47 Å². The first-order chi connectivity index (χ1) is 19.3. The molecule has 0 saturated heterocycles. The van der Waals surface area contributed by atoms with E-state index >= 15 is 0 Å². The van der Waals surface area contributed by atoms with Gasteiger partial charge in [-0.25, -0.2) is 13.6 Å². The summed E-state index contributed by atoms with van der Waals surface area (Å²) in [5.41, 5.74) is 3.71. The molecule has 40 heavy (non-hydrogen) atoms. The Morgan fingerprint density at radius 3 is 2.35 bits per heavy atom. The Morgan fingerprint density at radius 2 is 1.68 bits per heavy atom. The van der Waals surface area contributed by atoms with E-state index in [-0.39, 0.29) is 18.7 Å². The number of amides is 1. The molecule has 4 aromatic rings. The lowest BCUT2D eigenvalue weighted by Gasteiger charge is -2.37. The van der Waals surface area contributed by atoms with Gasteiger partial charge in [0.1, 0.15) is 24.2 Å². The predicted molar refractivity (Wildman–Crippen MR) is 144 cm³/mol. The average Bonchev–Trinajstić information content (AvgIpc) is 2.96. The van der Waals surface area contributed by atoms with Crippen LogP contribution >= 0.6 is 0 Å². The Hall–Kier alpha value is -4.72. The third-order valence-electron chi connectivity index (χ3n) is 6.93. The molecule has 1 heterocycles. The Balaban J connectivity index is 1.48. The van der Waals surface area contributed by atoms with Gasteiger partial charge in [0.25, 0.3) is 5.91 Å². The molecule has 0 spiro atoms. The highest BCUT2D eigenvalue weighted by Crippen LogP contribution is 2.36. The van der Waals surface area contributed by atoms with Gasteiger partial charge in [-0.05, 0) is 35.7 Å². The van der Waals surface area contributed by atoms with Crippen molar-refractivity contribution in [1.82, 2.24) is 4.90 Å². The number of nitrogens with zero attached hydrogens (tertiary/aromatic N) is 1. The summed E-state index contributed by atoms with van der Waals surface area (Å²) in [5.74, 6) is -3.31. The molecular weight excluding hydrogens is 516 g/mol. The van der Waals surface area contributed by atoms with Crippen LogP contribution in [0.25, 0.3) is 0 Å². The molecule has 1 amide bonds. The maximum Gasteiger partial charge on any atom is 0.326 e. The quantitative estimate of drug-likeness (QED) is 0.295. The van der Waals surface area contributed by atoms with E-state index in [1.165, 1.54) is 4.90 Å². The van der Waals surface area contributed by atoms with Crippen LogP contribution in [0.2, 0.25) is 0 Å². The molecule has 1 aliphatic rings. The number of hydrogen-bond acceptors (Lipinski definition) is 4. The van der Waals surface area contributed by atoms with Gasteiger partial charge in [-0.1, -0.05) is 72.8 Å². The molecule has 1 N–H and O–H groups in total. The zero-order chi connectivity index (χ0) is 28.2. The van der Waals surface area contributed by atoms with Crippen LogP contribution in [-0.2, 0) is 29.2 Å². The number of carboxylic acids is 1. The fourth-order valence-corrected chi connectivity index (χ4v) is 4.87. The van der Waals surface area contributed by atoms with Crippen molar-refractivity contribution in [3.05, 3.63) is 130 Å². The number of carbonyl (C=O) groups excluding carboxylic acids is 1. The van der Waals surface area contributed by atoms with Crippen molar-refractivity contribution in [3.63, 3.8) is 0 Å². The van der Waals surface area contributed by atoms with Gasteiger partial charge in [-0.15, -0.1) is 0 Å². The first-order valence-electron chi connectivity index (χ1n) is 12.8. The number of aryl methyl sites for hydroxylation is 1. The Labute approximate surface area is 230 Å². The van der Waals surface area contributed by atoms with E-state index in [0.29, 0.717) is 24.0 Å². The van der Waals surface area contributed by atoms with Gasteiger partial charge >= 0.3 is 5.97 Å².